The summed E-state index contributed by atoms with van der Waals surface area (Å²) in [6.45, 7) is 2.30. The van der Waals surface area contributed by atoms with Crippen LogP contribution >= 0.6 is 23.4 Å². The molecule has 8 heteroatoms. The Balaban J connectivity index is 1.97. The van der Waals surface area contributed by atoms with Crippen LogP contribution in [0.4, 0.5) is 0 Å². The number of amides is 1. The molecule has 0 radical (unpaired) electrons. The smallest absolute Gasteiger partial charge is 0.233 e. The first-order valence-corrected chi connectivity index (χ1v) is 8.94. The van der Waals surface area contributed by atoms with E-state index in [1.165, 1.54) is 11.8 Å². The lowest BCUT2D eigenvalue weighted by Gasteiger charge is -2.12. The van der Waals surface area contributed by atoms with Crippen LogP contribution < -0.4 is 5.32 Å². The molecule has 0 fully saturated rings. The summed E-state index contributed by atoms with van der Waals surface area (Å²) in [6.07, 6.45) is 1.63. The summed E-state index contributed by atoms with van der Waals surface area (Å²) in [5, 5.41) is 12.2. The third-order valence-electron chi connectivity index (χ3n) is 3.61. The second-order valence-corrected chi connectivity index (χ2v) is 7.10. The molecule has 1 aromatic carbocycles. The molecule has 25 heavy (non-hydrogen) atoms. The van der Waals surface area contributed by atoms with Crippen LogP contribution in [0.25, 0.3) is 11.4 Å². The fraction of sp³-hybridized carbons (Fsp3) is 0.235. The average molecular weight is 377 g/mol. The van der Waals surface area contributed by atoms with Crippen molar-refractivity contribution in [2.24, 2.45) is 0 Å². The molecule has 0 aliphatic heterocycles. The molecule has 2 aromatic heterocycles. The Bertz CT molecular complexity index is 846. The molecule has 0 spiro atoms. The normalized spacial score (nSPS) is 12.1. The van der Waals surface area contributed by atoms with Crippen LogP contribution in [-0.4, -0.2) is 33.0 Å². The molecule has 2 heterocycles. The second-order valence-electron chi connectivity index (χ2n) is 5.35. The van der Waals surface area contributed by atoms with Crippen molar-refractivity contribution in [3.63, 3.8) is 0 Å². The third kappa shape index (κ3) is 4.05. The number of hydrogen-bond donors (Lipinski definition) is 1. The SMILES string of the molecule is CNC(=O)C(C)Sc1nnc(-c2ccc(Cl)cc2)n1Cc1ccco1. The number of rotatable bonds is 6. The van der Waals surface area contributed by atoms with Crippen LogP contribution in [0.3, 0.4) is 0 Å². The van der Waals surface area contributed by atoms with E-state index in [0.717, 1.165) is 11.3 Å². The third-order valence-corrected chi connectivity index (χ3v) is 4.94. The number of halogens is 1. The lowest BCUT2D eigenvalue weighted by molar-refractivity contribution is -0.119. The predicted octanol–water partition coefficient (Wildman–Crippen LogP) is 3.47. The zero-order valence-electron chi connectivity index (χ0n) is 13.8. The van der Waals surface area contributed by atoms with E-state index in [-0.39, 0.29) is 11.2 Å². The van der Waals surface area contributed by atoms with Crippen LogP contribution in [-0.2, 0) is 11.3 Å². The van der Waals surface area contributed by atoms with E-state index in [4.69, 9.17) is 16.0 Å². The zero-order chi connectivity index (χ0) is 17.8. The number of thioether (sulfide) groups is 1. The van der Waals surface area contributed by atoms with Gasteiger partial charge in [-0.05, 0) is 43.3 Å². The number of carbonyl (C=O) groups is 1. The summed E-state index contributed by atoms with van der Waals surface area (Å²) < 4.78 is 7.40. The van der Waals surface area contributed by atoms with E-state index < -0.39 is 0 Å². The Morgan fingerprint density at radius 2 is 2.08 bits per heavy atom. The monoisotopic (exact) mass is 376 g/mol. The topological polar surface area (TPSA) is 73.0 Å². The van der Waals surface area contributed by atoms with Crippen LogP contribution in [0.15, 0.2) is 52.2 Å². The number of nitrogens with one attached hydrogen (secondary N) is 1. The van der Waals surface area contributed by atoms with Gasteiger partial charge in [0.25, 0.3) is 0 Å². The Morgan fingerprint density at radius 3 is 2.72 bits per heavy atom. The van der Waals surface area contributed by atoms with Crippen molar-refractivity contribution in [1.82, 2.24) is 20.1 Å². The lowest BCUT2D eigenvalue weighted by atomic mass is 10.2. The molecule has 0 aliphatic rings. The molecule has 3 aromatic rings. The molecule has 1 atom stereocenters. The molecule has 130 valence electrons. The second kappa shape index (κ2) is 7.76. The highest BCUT2D eigenvalue weighted by molar-refractivity contribution is 8.00. The Labute approximate surface area is 154 Å². The first kappa shape index (κ1) is 17.6. The molecule has 0 bridgehead atoms. The van der Waals surface area contributed by atoms with E-state index in [1.807, 2.05) is 47.9 Å². The molecule has 1 unspecified atom stereocenters. The van der Waals surface area contributed by atoms with E-state index in [1.54, 1.807) is 13.3 Å². The largest absolute Gasteiger partial charge is 0.467 e. The van der Waals surface area contributed by atoms with Gasteiger partial charge in [-0.15, -0.1) is 10.2 Å². The van der Waals surface area contributed by atoms with Crippen LogP contribution in [0.1, 0.15) is 12.7 Å². The van der Waals surface area contributed by atoms with Gasteiger partial charge in [-0.1, -0.05) is 23.4 Å². The van der Waals surface area contributed by atoms with Crippen LogP contribution in [0.2, 0.25) is 5.02 Å². The van der Waals surface area contributed by atoms with Crippen molar-refractivity contribution in [3.8, 4) is 11.4 Å². The Kier molecular flexibility index (Phi) is 5.45. The number of aromatic nitrogens is 3. The minimum absolute atomic E-state index is 0.0643. The van der Waals surface area contributed by atoms with Gasteiger partial charge in [0.15, 0.2) is 11.0 Å². The van der Waals surface area contributed by atoms with Crippen molar-refractivity contribution < 1.29 is 9.21 Å². The van der Waals surface area contributed by atoms with Gasteiger partial charge in [0.05, 0.1) is 18.1 Å². The highest BCUT2D eigenvalue weighted by atomic mass is 35.5. The molecule has 6 nitrogen and oxygen atoms in total. The quantitative estimate of drug-likeness (QED) is 0.667. The number of hydrogen-bond acceptors (Lipinski definition) is 5. The van der Waals surface area contributed by atoms with Crippen molar-refractivity contribution in [1.29, 1.82) is 0 Å². The van der Waals surface area contributed by atoms with Crippen molar-refractivity contribution in [3.05, 3.63) is 53.4 Å². The summed E-state index contributed by atoms with van der Waals surface area (Å²) in [5.41, 5.74) is 0.892. The van der Waals surface area contributed by atoms with Gasteiger partial charge in [-0.2, -0.15) is 0 Å². The molecule has 1 amide bonds. The number of benzene rings is 1. The van der Waals surface area contributed by atoms with Gasteiger partial charge in [0.2, 0.25) is 5.91 Å². The van der Waals surface area contributed by atoms with E-state index >= 15 is 0 Å². The average Bonchev–Trinajstić information content (AvgIpc) is 3.26. The van der Waals surface area contributed by atoms with Gasteiger partial charge >= 0.3 is 0 Å². The molecule has 3 rings (SSSR count). The zero-order valence-corrected chi connectivity index (χ0v) is 15.3. The van der Waals surface area contributed by atoms with Crippen molar-refractivity contribution in [2.45, 2.75) is 23.9 Å². The minimum Gasteiger partial charge on any atom is -0.467 e. The molecule has 0 aliphatic carbocycles. The first-order chi connectivity index (χ1) is 12.1. The molecule has 0 saturated carbocycles. The highest BCUT2D eigenvalue weighted by Crippen LogP contribution is 2.28. The Morgan fingerprint density at radius 1 is 1.32 bits per heavy atom. The molecular formula is C17H17ClN4O2S. The van der Waals surface area contributed by atoms with Gasteiger partial charge in [0, 0.05) is 17.6 Å². The van der Waals surface area contributed by atoms with Crippen molar-refractivity contribution >= 4 is 29.3 Å². The fourth-order valence-corrected chi connectivity index (χ4v) is 3.34. The summed E-state index contributed by atoms with van der Waals surface area (Å²) in [5.74, 6) is 1.41. The predicted molar refractivity (Wildman–Crippen MR) is 97.7 cm³/mol. The van der Waals surface area contributed by atoms with Crippen LogP contribution in [0, 0.1) is 0 Å². The van der Waals surface area contributed by atoms with Gasteiger partial charge < -0.3 is 9.73 Å². The lowest BCUT2D eigenvalue weighted by Crippen LogP contribution is -2.27. The van der Waals surface area contributed by atoms with Gasteiger partial charge in [-0.25, -0.2) is 0 Å². The van der Waals surface area contributed by atoms with Gasteiger partial charge in [0.1, 0.15) is 5.76 Å². The maximum absolute atomic E-state index is 11.8. The molecule has 1 N–H and O–H groups in total. The summed E-state index contributed by atoms with van der Waals surface area (Å²) >= 11 is 7.33. The van der Waals surface area contributed by atoms with Crippen molar-refractivity contribution in [2.75, 3.05) is 7.05 Å². The van der Waals surface area contributed by atoms with E-state index in [2.05, 4.69) is 15.5 Å². The maximum atomic E-state index is 11.8. The maximum Gasteiger partial charge on any atom is 0.233 e. The number of nitrogens with zero attached hydrogens (tertiary/aromatic N) is 3. The van der Waals surface area contributed by atoms with Gasteiger partial charge in [-0.3, -0.25) is 9.36 Å². The standard InChI is InChI=1S/C17H17ClN4O2S/c1-11(16(23)19-2)25-17-21-20-15(12-5-7-13(18)8-6-12)22(17)10-14-4-3-9-24-14/h3-9,11H,10H2,1-2H3,(H,19,23). The number of carbonyl (C=O) groups excluding carboxylic acids is 1. The minimum atomic E-state index is -0.289. The van der Waals surface area contributed by atoms with E-state index in [0.29, 0.717) is 22.5 Å². The Hall–Kier alpha value is -2.25. The molecule has 0 saturated heterocycles. The number of furan rings is 1. The first-order valence-electron chi connectivity index (χ1n) is 7.68. The summed E-state index contributed by atoms with van der Waals surface area (Å²) in [7, 11) is 1.62. The highest BCUT2D eigenvalue weighted by Gasteiger charge is 2.20. The van der Waals surface area contributed by atoms with E-state index in [9.17, 15) is 4.79 Å². The molecular weight excluding hydrogens is 360 g/mol. The summed E-state index contributed by atoms with van der Waals surface area (Å²) in [4.78, 5) is 11.8. The fourth-order valence-electron chi connectivity index (χ4n) is 2.30. The summed E-state index contributed by atoms with van der Waals surface area (Å²) in [6, 6.07) is 11.1. The van der Waals surface area contributed by atoms with Crippen LogP contribution in [0.5, 0.6) is 0 Å².